The van der Waals surface area contributed by atoms with Gasteiger partial charge in [-0.2, -0.15) is 5.26 Å². The summed E-state index contributed by atoms with van der Waals surface area (Å²) in [6.45, 7) is 4.49. The van der Waals surface area contributed by atoms with Crippen molar-refractivity contribution in [1.82, 2.24) is 0 Å². The zero-order valence-electron chi connectivity index (χ0n) is 12.7. The maximum atomic E-state index is 8.72. The van der Waals surface area contributed by atoms with Gasteiger partial charge in [-0.25, -0.2) is 0 Å². The quantitative estimate of drug-likeness (QED) is 0.811. The van der Waals surface area contributed by atoms with Gasteiger partial charge in [0.25, 0.3) is 0 Å². The van der Waals surface area contributed by atoms with Gasteiger partial charge in [0.05, 0.1) is 18.5 Å². The van der Waals surface area contributed by atoms with Crippen LogP contribution in [0.2, 0.25) is 0 Å². The monoisotopic (exact) mass is 278 g/mol. The highest BCUT2D eigenvalue weighted by molar-refractivity contribution is 5.47. The van der Waals surface area contributed by atoms with Gasteiger partial charge in [0.2, 0.25) is 0 Å². The molecule has 2 nitrogen and oxygen atoms in total. The zero-order chi connectivity index (χ0) is 15.1. The third-order valence-electron chi connectivity index (χ3n) is 3.49. The van der Waals surface area contributed by atoms with Crippen molar-refractivity contribution in [2.75, 3.05) is 5.32 Å². The molecule has 0 heterocycles. The molecule has 0 aliphatic rings. The van der Waals surface area contributed by atoms with Crippen LogP contribution in [0.25, 0.3) is 0 Å². The SMILES string of the molecule is CC(C)CC(Nc1ccc(CC#N)cc1)c1ccccc1. The first-order valence-electron chi connectivity index (χ1n) is 7.46. The molecular formula is C19H22N2. The minimum absolute atomic E-state index is 0.313. The van der Waals surface area contributed by atoms with E-state index in [0.29, 0.717) is 18.4 Å². The third kappa shape index (κ3) is 4.65. The Hall–Kier alpha value is -2.27. The summed E-state index contributed by atoms with van der Waals surface area (Å²) in [5.41, 5.74) is 3.47. The van der Waals surface area contributed by atoms with Gasteiger partial charge in [0, 0.05) is 5.69 Å². The third-order valence-corrected chi connectivity index (χ3v) is 3.49. The van der Waals surface area contributed by atoms with E-state index in [1.54, 1.807) is 0 Å². The van der Waals surface area contributed by atoms with E-state index in [1.165, 1.54) is 5.56 Å². The van der Waals surface area contributed by atoms with E-state index >= 15 is 0 Å². The Morgan fingerprint density at radius 2 is 1.67 bits per heavy atom. The number of hydrogen-bond acceptors (Lipinski definition) is 2. The molecular weight excluding hydrogens is 256 g/mol. The first-order chi connectivity index (χ1) is 10.2. The highest BCUT2D eigenvalue weighted by Gasteiger charge is 2.12. The van der Waals surface area contributed by atoms with E-state index in [9.17, 15) is 0 Å². The lowest BCUT2D eigenvalue weighted by atomic mass is 9.96. The second-order valence-electron chi connectivity index (χ2n) is 5.77. The molecule has 2 rings (SSSR count). The highest BCUT2D eigenvalue weighted by Crippen LogP contribution is 2.26. The van der Waals surface area contributed by atoms with Crippen LogP contribution in [0, 0.1) is 17.2 Å². The summed E-state index contributed by atoms with van der Waals surface area (Å²) in [5.74, 6) is 0.626. The summed E-state index contributed by atoms with van der Waals surface area (Å²) in [5, 5.41) is 12.3. The molecule has 108 valence electrons. The molecule has 21 heavy (non-hydrogen) atoms. The van der Waals surface area contributed by atoms with Gasteiger partial charge in [-0.1, -0.05) is 56.3 Å². The fourth-order valence-corrected chi connectivity index (χ4v) is 2.45. The summed E-state index contributed by atoms with van der Waals surface area (Å²) < 4.78 is 0. The minimum Gasteiger partial charge on any atom is -0.378 e. The van der Waals surface area contributed by atoms with E-state index in [4.69, 9.17) is 5.26 Å². The summed E-state index contributed by atoms with van der Waals surface area (Å²) in [6, 6.07) is 21.2. The number of benzene rings is 2. The zero-order valence-corrected chi connectivity index (χ0v) is 12.7. The van der Waals surface area contributed by atoms with Crippen LogP contribution in [0.4, 0.5) is 5.69 Å². The fourth-order valence-electron chi connectivity index (χ4n) is 2.45. The van der Waals surface area contributed by atoms with Gasteiger partial charge in [-0.3, -0.25) is 0 Å². The summed E-state index contributed by atoms with van der Waals surface area (Å²) in [6.07, 6.45) is 1.55. The number of nitrogens with one attached hydrogen (secondary N) is 1. The second kappa shape index (κ2) is 7.50. The number of nitrogens with zero attached hydrogens (tertiary/aromatic N) is 1. The van der Waals surface area contributed by atoms with Crippen LogP contribution in [-0.4, -0.2) is 0 Å². The van der Waals surface area contributed by atoms with Gasteiger partial charge in [0.15, 0.2) is 0 Å². The molecule has 2 aromatic rings. The van der Waals surface area contributed by atoms with Gasteiger partial charge in [0.1, 0.15) is 0 Å². The van der Waals surface area contributed by atoms with Crippen LogP contribution < -0.4 is 5.32 Å². The van der Waals surface area contributed by atoms with Gasteiger partial charge < -0.3 is 5.32 Å². The summed E-state index contributed by atoms with van der Waals surface area (Å²) in [7, 11) is 0. The van der Waals surface area contributed by atoms with Crippen molar-refractivity contribution in [3.63, 3.8) is 0 Å². The van der Waals surface area contributed by atoms with Crippen LogP contribution in [0.5, 0.6) is 0 Å². The van der Waals surface area contributed by atoms with Crippen molar-refractivity contribution >= 4 is 5.69 Å². The molecule has 0 fully saturated rings. The lowest BCUT2D eigenvalue weighted by Crippen LogP contribution is -2.13. The molecule has 0 aromatic heterocycles. The maximum Gasteiger partial charge on any atom is 0.0669 e. The fraction of sp³-hybridized carbons (Fsp3) is 0.316. The van der Waals surface area contributed by atoms with Crippen molar-refractivity contribution < 1.29 is 0 Å². The minimum atomic E-state index is 0.313. The standard InChI is InChI=1S/C19H22N2/c1-15(2)14-19(17-6-4-3-5-7-17)21-18-10-8-16(9-11-18)12-13-20/h3-11,15,19,21H,12,14H2,1-2H3. The molecule has 0 saturated heterocycles. The largest absolute Gasteiger partial charge is 0.378 e. The van der Waals surface area contributed by atoms with Crippen LogP contribution in [0.1, 0.15) is 37.4 Å². The van der Waals surface area contributed by atoms with E-state index in [2.05, 4.69) is 61.6 Å². The number of rotatable bonds is 6. The average Bonchev–Trinajstić information content (AvgIpc) is 2.49. The molecule has 0 spiro atoms. The first-order valence-corrected chi connectivity index (χ1v) is 7.46. The predicted molar refractivity (Wildman–Crippen MR) is 88.0 cm³/mol. The van der Waals surface area contributed by atoms with Crippen molar-refractivity contribution in [2.24, 2.45) is 5.92 Å². The van der Waals surface area contributed by atoms with Crippen LogP contribution >= 0.6 is 0 Å². The Kier molecular flexibility index (Phi) is 5.40. The molecule has 1 N–H and O–H groups in total. The highest BCUT2D eigenvalue weighted by atomic mass is 14.9. The van der Waals surface area contributed by atoms with Crippen molar-refractivity contribution in [3.8, 4) is 6.07 Å². The smallest absolute Gasteiger partial charge is 0.0669 e. The molecule has 1 unspecified atom stereocenters. The van der Waals surface area contributed by atoms with Crippen molar-refractivity contribution in [2.45, 2.75) is 32.7 Å². The molecule has 0 aliphatic carbocycles. The molecule has 1 atom stereocenters. The second-order valence-corrected chi connectivity index (χ2v) is 5.77. The summed E-state index contributed by atoms with van der Waals surface area (Å²) >= 11 is 0. The molecule has 0 amide bonds. The van der Waals surface area contributed by atoms with Gasteiger partial charge >= 0.3 is 0 Å². The first kappa shape index (κ1) is 15.1. The van der Waals surface area contributed by atoms with Crippen molar-refractivity contribution in [3.05, 3.63) is 65.7 Å². The van der Waals surface area contributed by atoms with E-state index in [-0.39, 0.29) is 0 Å². The normalized spacial score (nSPS) is 11.9. The number of anilines is 1. The van der Waals surface area contributed by atoms with Crippen LogP contribution in [-0.2, 0) is 6.42 Å². The molecule has 2 heteroatoms. The van der Waals surface area contributed by atoms with E-state index in [0.717, 1.165) is 17.7 Å². The van der Waals surface area contributed by atoms with E-state index in [1.807, 2.05) is 18.2 Å². The Balaban J connectivity index is 2.13. The maximum absolute atomic E-state index is 8.72. The van der Waals surface area contributed by atoms with Crippen molar-refractivity contribution in [1.29, 1.82) is 5.26 Å². The van der Waals surface area contributed by atoms with E-state index < -0.39 is 0 Å². The average molecular weight is 278 g/mol. The lowest BCUT2D eigenvalue weighted by molar-refractivity contribution is 0.531. The number of hydrogen-bond donors (Lipinski definition) is 1. The molecule has 0 aliphatic heterocycles. The lowest BCUT2D eigenvalue weighted by Gasteiger charge is -2.22. The molecule has 0 saturated carbocycles. The van der Waals surface area contributed by atoms with Crippen LogP contribution in [0.3, 0.4) is 0 Å². The van der Waals surface area contributed by atoms with Crippen LogP contribution in [0.15, 0.2) is 54.6 Å². The van der Waals surface area contributed by atoms with Gasteiger partial charge in [-0.15, -0.1) is 0 Å². The Morgan fingerprint density at radius 1 is 1.00 bits per heavy atom. The molecule has 2 aromatic carbocycles. The predicted octanol–water partition coefficient (Wildman–Crippen LogP) is 4.95. The number of nitriles is 1. The molecule has 0 bridgehead atoms. The molecule has 0 radical (unpaired) electrons. The summed E-state index contributed by atoms with van der Waals surface area (Å²) in [4.78, 5) is 0. The Labute approximate surface area is 127 Å². The Bertz CT molecular complexity index is 579. The Morgan fingerprint density at radius 3 is 2.24 bits per heavy atom. The topological polar surface area (TPSA) is 35.8 Å². The van der Waals surface area contributed by atoms with Gasteiger partial charge in [-0.05, 0) is 35.6 Å².